The Labute approximate surface area is 119 Å². The Kier molecular flexibility index (Phi) is 5.17. The molecule has 3 heteroatoms. The number of rotatable bonds is 4. The van der Waals surface area contributed by atoms with Crippen LogP contribution in [0.1, 0.15) is 42.4 Å². The number of hydrogen-bond acceptors (Lipinski definition) is 2. The Hall–Kier alpha value is -0.670. The summed E-state index contributed by atoms with van der Waals surface area (Å²) in [5, 5.41) is 3.70. The molecule has 106 valence electrons. The molecule has 0 spiro atoms. The summed E-state index contributed by atoms with van der Waals surface area (Å²) in [6.45, 7) is 4.22. The van der Waals surface area contributed by atoms with Gasteiger partial charge in [0.25, 0.3) is 0 Å². The van der Waals surface area contributed by atoms with Gasteiger partial charge in [-0.15, -0.1) is 0 Å². The molecule has 0 aliphatic heterocycles. The normalized spacial score (nSPS) is 25.2. The van der Waals surface area contributed by atoms with Crippen LogP contribution >= 0.6 is 0 Å². The molecule has 1 aromatic rings. The third-order valence-corrected chi connectivity index (χ3v) is 5.79. The SMILES string of the molecule is CNC1CCCC(S(=O)Cc2cc(C)cc(C)c2)C1. The Morgan fingerprint density at radius 2 is 1.89 bits per heavy atom. The number of aryl methyl sites for hydroxylation is 2. The number of hydrogen-bond donors (Lipinski definition) is 1. The van der Waals surface area contributed by atoms with Crippen molar-refractivity contribution < 1.29 is 4.21 Å². The van der Waals surface area contributed by atoms with E-state index in [9.17, 15) is 4.21 Å². The van der Waals surface area contributed by atoms with Crippen LogP contribution in [0.4, 0.5) is 0 Å². The van der Waals surface area contributed by atoms with E-state index in [1.165, 1.54) is 29.5 Å². The van der Waals surface area contributed by atoms with Gasteiger partial charge >= 0.3 is 0 Å². The van der Waals surface area contributed by atoms with Gasteiger partial charge in [0, 0.05) is 27.8 Å². The van der Waals surface area contributed by atoms with E-state index in [4.69, 9.17) is 0 Å². The van der Waals surface area contributed by atoms with Crippen LogP contribution in [0.5, 0.6) is 0 Å². The summed E-state index contributed by atoms with van der Waals surface area (Å²) in [7, 11) is 1.28. The van der Waals surface area contributed by atoms with Crippen LogP contribution < -0.4 is 5.32 Å². The lowest BCUT2D eigenvalue weighted by molar-refractivity contribution is 0.398. The largest absolute Gasteiger partial charge is 0.317 e. The van der Waals surface area contributed by atoms with E-state index in [1.54, 1.807) is 0 Å². The molecule has 3 unspecified atom stereocenters. The topological polar surface area (TPSA) is 29.1 Å². The Balaban J connectivity index is 2.00. The molecule has 1 N–H and O–H groups in total. The Morgan fingerprint density at radius 1 is 1.21 bits per heavy atom. The first-order valence-electron chi connectivity index (χ1n) is 7.20. The second-order valence-electron chi connectivity index (χ2n) is 5.80. The highest BCUT2D eigenvalue weighted by Gasteiger charge is 2.25. The van der Waals surface area contributed by atoms with Gasteiger partial charge in [0.2, 0.25) is 0 Å². The highest BCUT2D eigenvalue weighted by Crippen LogP contribution is 2.24. The molecule has 1 saturated carbocycles. The van der Waals surface area contributed by atoms with Crippen molar-refractivity contribution in [2.75, 3.05) is 7.05 Å². The average Bonchev–Trinajstić information content (AvgIpc) is 2.37. The van der Waals surface area contributed by atoms with Gasteiger partial charge in [-0.25, -0.2) is 0 Å². The zero-order chi connectivity index (χ0) is 13.8. The highest BCUT2D eigenvalue weighted by atomic mass is 32.2. The van der Waals surface area contributed by atoms with E-state index in [1.807, 2.05) is 7.05 Å². The zero-order valence-electron chi connectivity index (χ0n) is 12.2. The fourth-order valence-corrected chi connectivity index (χ4v) is 4.69. The molecule has 1 aliphatic carbocycles. The Morgan fingerprint density at radius 3 is 2.53 bits per heavy atom. The Bertz CT molecular complexity index is 438. The summed E-state index contributed by atoms with van der Waals surface area (Å²) in [5.74, 6) is 0.712. The molecule has 0 aromatic heterocycles. The minimum atomic E-state index is -0.736. The molecule has 1 fully saturated rings. The van der Waals surface area contributed by atoms with Crippen molar-refractivity contribution in [3.63, 3.8) is 0 Å². The first kappa shape index (κ1) is 14.7. The second-order valence-corrected chi connectivity index (χ2v) is 7.51. The van der Waals surface area contributed by atoms with Crippen LogP contribution in [-0.2, 0) is 16.6 Å². The maximum atomic E-state index is 12.5. The van der Waals surface area contributed by atoms with E-state index in [0.717, 1.165) is 12.8 Å². The van der Waals surface area contributed by atoms with Gasteiger partial charge in [-0.3, -0.25) is 4.21 Å². The monoisotopic (exact) mass is 279 g/mol. The average molecular weight is 279 g/mol. The van der Waals surface area contributed by atoms with E-state index >= 15 is 0 Å². The molecular formula is C16H25NOS. The molecule has 0 amide bonds. The molecule has 2 rings (SSSR count). The summed E-state index contributed by atoms with van der Waals surface area (Å²) in [4.78, 5) is 0. The lowest BCUT2D eigenvalue weighted by atomic mass is 9.95. The van der Waals surface area contributed by atoms with Crippen LogP contribution in [0.15, 0.2) is 18.2 Å². The van der Waals surface area contributed by atoms with Crippen molar-refractivity contribution in [2.24, 2.45) is 0 Å². The number of nitrogens with one attached hydrogen (secondary N) is 1. The molecule has 0 radical (unpaired) electrons. The highest BCUT2D eigenvalue weighted by molar-refractivity contribution is 7.84. The summed E-state index contributed by atoms with van der Waals surface area (Å²) in [5.41, 5.74) is 3.76. The van der Waals surface area contributed by atoms with Gasteiger partial charge in [0.05, 0.1) is 0 Å². The quantitative estimate of drug-likeness (QED) is 0.917. The molecule has 1 aliphatic rings. The van der Waals surface area contributed by atoms with Crippen LogP contribution in [0.3, 0.4) is 0 Å². The maximum absolute atomic E-state index is 12.5. The third-order valence-electron chi connectivity index (χ3n) is 4.00. The van der Waals surface area contributed by atoms with Gasteiger partial charge in [0.15, 0.2) is 0 Å². The van der Waals surface area contributed by atoms with Gasteiger partial charge in [-0.05, 0) is 45.7 Å². The first-order chi connectivity index (χ1) is 9.08. The van der Waals surface area contributed by atoms with Crippen LogP contribution in [0.2, 0.25) is 0 Å². The lowest BCUT2D eigenvalue weighted by Gasteiger charge is -2.28. The smallest absolute Gasteiger partial charge is 0.0488 e. The van der Waals surface area contributed by atoms with Crippen LogP contribution in [-0.4, -0.2) is 22.5 Å². The van der Waals surface area contributed by atoms with Crippen molar-refractivity contribution in [1.82, 2.24) is 5.32 Å². The third kappa shape index (κ3) is 4.15. The summed E-state index contributed by atoms with van der Waals surface area (Å²) >= 11 is 0. The van der Waals surface area contributed by atoms with E-state index in [2.05, 4.69) is 37.4 Å². The standard InChI is InChI=1S/C16H25NOS/c1-12-7-13(2)9-14(8-12)11-19(18)16-6-4-5-15(10-16)17-3/h7-9,15-17H,4-6,10-11H2,1-3H3. The summed E-state index contributed by atoms with van der Waals surface area (Å²) in [6.07, 6.45) is 4.62. The van der Waals surface area contributed by atoms with Gasteiger partial charge in [0.1, 0.15) is 0 Å². The van der Waals surface area contributed by atoms with Gasteiger partial charge in [-0.2, -0.15) is 0 Å². The first-order valence-corrected chi connectivity index (χ1v) is 8.58. The number of benzene rings is 1. The molecule has 1 aromatic carbocycles. The molecule has 3 atom stereocenters. The molecule has 0 heterocycles. The lowest BCUT2D eigenvalue weighted by Crippen LogP contribution is -2.35. The minimum absolute atomic E-state index is 0.368. The summed E-state index contributed by atoms with van der Waals surface area (Å²) < 4.78 is 12.5. The predicted octanol–water partition coefficient (Wildman–Crippen LogP) is 3.08. The fraction of sp³-hybridized carbons (Fsp3) is 0.625. The predicted molar refractivity (Wildman–Crippen MR) is 82.9 cm³/mol. The van der Waals surface area contributed by atoms with Gasteiger partial charge < -0.3 is 5.32 Å². The fourth-order valence-electron chi connectivity index (χ4n) is 3.08. The molecule has 19 heavy (non-hydrogen) atoms. The van der Waals surface area contributed by atoms with Crippen molar-refractivity contribution in [2.45, 2.75) is 56.6 Å². The van der Waals surface area contributed by atoms with Crippen molar-refractivity contribution >= 4 is 10.8 Å². The van der Waals surface area contributed by atoms with Crippen LogP contribution in [0.25, 0.3) is 0 Å². The van der Waals surface area contributed by atoms with Crippen molar-refractivity contribution in [1.29, 1.82) is 0 Å². The molecule has 0 bridgehead atoms. The van der Waals surface area contributed by atoms with Crippen molar-refractivity contribution in [3.8, 4) is 0 Å². The van der Waals surface area contributed by atoms with Crippen LogP contribution in [0, 0.1) is 13.8 Å². The molecular weight excluding hydrogens is 254 g/mol. The minimum Gasteiger partial charge on any atom is -0.317 e. The van der Waals surface area contributed by atoms with Crippen molar-refractivity contribution in [3.05, 3.63) is 34.9 Å². The summed E-state index contributed by atoms with van der Waals surface area (Å²) in [6, 6.07) is 7.07. The van der Waals surface area contributed by atoms with E-state index < -0.39 is 10.8 Å². The van der Waals surface area contributed by atoms with Gasteiger partial charge in [-0.1, -0.05) is 35.7 Å². The maximum Gasteiger partial charge on any atom is 0.0488 e. The molecule has 2 nitrogen and oxygen atoms in total. The van der Waals surface area contributed by atoms with E-state index in [-0.39, 0.29) is 0 Å². The molecule has 0 saturated heterocycles. The second kappa shape index (κ2) is 6.67. The van der Waals surface area contributed by atoms with E-state index in [0.29, 0.717) is 17.0 Å². The zero-order valence-corrected chi connectivity index (χ0v) is 13.1.